The Balaban J connectivity index is 2.66. The van der Waals surface area contributed by atoms with Crippen molar-refractivity contribution in [1.29, 1.82) is 0 Å². The second-order valence-electron chi connectivity index (χ2n) is 3.61. The third kappa shape index (κ3) is 3.92. The van der Waals surface area contributed by atoms with Crippen LogP contribution in [0.5, 0.6) is 0 Å². The fourth-order valence-corrected chi connectivity index (χ4v) is 1.34. The zero-order valence-electron chi connectivity index (χ0n) is 9.85. The van der Waals surface area contributed by atoms with E-state index in [-0.39, 0.29) is 13.2 Å². The number of rotatable bonds is 6. The maximum absolute atomic E-state index is 11.6. The van der Waals surface area contributed by atoms with Gasteiger partial charge in [-0.1, -0.05) is 30.9 Å². The van der Waals surface area contributed by atoms with Gasteiger partial charge in [0.2, 0.25) is 0 Å². The average Bonchev–Trinajstić information content (AvgIpc) is 2.35. The number of nitrogens with one attached hydrogen (secondary N) is 1. The molecular weight excluding hydrogens is 218 g/mol. The number of benzene rings is 1. The first-order valence-corrected chi connectivity index (χ1v) is 5.39. The first kappa shape index (κ1) is 13.3. The van der Waals surface area contributed by atoms with Gasteiger partial charge in [-0.15, -0.1) is 0 Å². The van der Waals surface area contributed by atoms with Crippen LogP contribution in [-0.4, -0.2) is 30.3 Å². The van der Waals surface area contributed by atoms with Crippen molar-refractivity contribution in [3.8, 4) is 0 Å². The first-order chi connectivity index (χ1) is 8.19. The summed E-state index contributed by atoms with van der Waals surface area (Å²) in [5, 5.41) is 12.1. The van der Waals surface area contributed by atoms with Gasteiger partial charge in [-0.3, -0.25) is 0 Å². The Morgan fingerprint density at radius 3 is 2.88 bits per heavy atom. The standard InChI is InChI=1S/C13H17NO3/c1-3-8-17-13(16)12(9-15)14-11-7-5-4-6-10(11)2/h3-7,12,14-15H,1,8-9H2,2H3. The predicted octanol–water partition coefficient (Wildman–Crippen LogP) is 1.50. The molecule has 0 aromatic heterocycles. The number of carbonyl (C=O) groups excluding carboxylic acids is 1. The maximum atomic E-state index is 11.6. The van der Waals surface area contributed by atoms with Crippen LogP contribution in [-0.2, 0) is 9.53 Å². The van der Waals surface area contributed by atoms with E-state index in [0.717, 1.165) is 11.3 Å². The Morgan fingerprint density at radius 1 is 1.59 bits per heavy atom. The summed E-state index contributed by atoms with van der Waals surface area (Å²) in [6.45, 7) is 5.21. The van der Waals surface area contributed by atoms with Crippen LogP contribution < -0.4 is 5.32 Å². The highest BCUT2D eigenvalue weighted by molar-refractivity contribution is 5.79. The van der Waals surface area contributed by atoms with Crippen LogP contribution in [0.25, 0.3) is 0 Å². The number of aliphatic hydroxyl groups is 1. The van der Waals surface area contributed by atoms with Crippen molar-refractivity contribution in [3.05, 3.63) is 42.5 Å². The highest BCUT2D eigenvalue weighted by atomic mass is 16.5. The van der Waals surface area contributed by atoms with Crippen molar-refractivity contribution >= 4 is 11.7 Å². The maximum Gasteiger partial charge on any atom is 0.331 e. The number of hydrogen-bond donors (Lipinski definition) is 2. The molecule has 0 aliphatic heterocycles. The summed E-state index contributed by atoms with van der Waals surface area (Å²) in [6, 6.07) is 6.78. The molecule has 1 aromatic carbocycles. The van der Waals surface area contributed by atoms with Gasteiger partial charge < -0.3 is 15.2 Å². The van der Waals surface area contributed by atoms with Crippen molar-refractivity contribution in [2.45, 2.75) is 13.0 Å². The molecular formula is C13H17NO3. The van der Waals surface area contributed by atoms with Crippen LogP contribution in [0.2, 0.25) is 0 Å². The Kier molecular flexibility index (Phi) is 5.23. The van der Waals surface area contributed by atoms with Crippen molar-refractivity contribution in [2.75, 3.05) is 18.5 Å². The third-order valence-corrected chi connectivity index (χ3v) is 2.29. The van der Waals surface area contributed by atoms with E-state index in [4.69, 9.17) is 9.84 Å². The molecule has 0 saturated carbocycles. The number of esters is 1. The van der Waals surface area contributed by atoms with Crippen LogP contribution in [0.3, 0.4) is 0 Å². The number of carbonyl (C=O) groups is 1. The summed E-state index contributed by atoms with van der Waals surface area (Å²) in [5.41, 5.74) is 1.81. The minimum atomic E-state index is -0.754. The molecule has 0 amide bonds. The lowest BCUT2D eigenvalue weighted by Gasteiger charge is -2.17. The zero-order chi connectivity index (χ0) is 12.7. The number of hydrogen-bond acceptors (Lipinski definition) is 4. The lowest BCUT2D eigenvalue weighted by atomic mass is 10.2. The van der Waals surface area contributed by atoms with Crippen LogP contribution >= 0.6 is 0 Å². The summed E-state index contributed by atoms with van der Waals surface area (Å²) >= 11 is 0. The van der Waals surface area contributed by atoms with Crippen molar-refractivity contribution in [3.63, 3.8) is 0 Å². The molecule has 92 valence electrons. The van der Waals surface area contributed by atoms with Crippen molar-refractivity contribution in [1.82, 2.24) is 0 Å². The van der Waals surface area contributed by atoms with E-state index >= 15 is 0 Å². The molecule has 0 spiro atoms. The van der Waals surface area contributed by atoms with Crippen molar-refractivity contribution < 1.29 is 14.6 Å². The smallest absolute Gasteiger partial charge is 0.331 e. The molecule has 1 atom stereocenters. The third-order valence-electron chi connectivity index (χ3n) is 2.29. The van der Waals surface area contributed by atoms with Gasteiger partial charge in [-0.25, -0.2) is 4.79 Å². The molecule has 0 aliphatic carbocycles. The molecule has 4 nitrogen and oxygen atoms in total. The Morgan fingerprint density at radius 2 is 2.29 bits per heavy atom. The van der Waals surface area contributed by atoms with Gasteiger partial charge in [0, 0.05) is 5.69 Å². The summed E-state index contributed by atoms with van der Waals surface area (Å²) in [4.78, 5) is 11.6. The van der Waals surface area contributed by atoms with Gasteiger partial charge in [0.15, 0.2) is 0 Å². The topological polar surface area (TPSA) is 58.6 Å². The quantitative estimate of drug-likeness (QED) is 0.579. The number of aryl methyl sites for hydroxylation is 1. The monoisotopic (exact) mass is 235 g/mol. The summed E-state index contributed by atoms with van der Waals surface area (Å²) < 4.78 is 4.88. The largest absolute Gasteiger partial charge is 0.460 e. The van der Waals surface area contributed by atoms with Crippen LogP contribution in [0, 0.1) is 6.92 Å². The molecule has 0 radical (unpaired) electrons. The van der Waals surface area contributed by atoms with E-state index in [1.807, 2.05) is 31.2 Å². The highest BCUT2D eigenvalue weighted by Gasteiger charge is 2.18. The van der Waals surface area contributed by atoms with Crippen LogP contribution in [0.4, 0.5) is 5.69 Å². The van der Waals surface area contributed by atoms with Crippen LogP contribution in [0.1, 0.15) is 5.56 Å². The van der Waals surface area contributed by atoms with Gasteiger partial charge in [-0.2, -0.15) is 0 Å². The molecule has 4 heteroatoms. The number of anilines is 1. The van der Waals surface area contributed by atoms with Crippen molar-refractivity contribution in [2.24, 2.45) is 0 Å². The minimum absolute atomic E-state index is 0.144. The van der Waals surface area contributed by atoms with E-state index in [9.17, 15) is 4.79 Å². The second kappa shape index (κ2) is 6.70. The van der Waals surface area contributed by atoms with E-state index < -0.39 is 12.0 Å². The van der Waals surface area contributed by atoms with E-state index in [2.05, 4.69) is 11.9 Å². The SMILES string of the molecule is C=CCOC(=O)C(CO)Nc1ccccc1C. The molecule has 0 bridgehead atoms. The normalized spacial score (nSPS) is 11.6. The lowest BCUT2D eigenvalue weighted by molar-refractivity contribution is -0.144. The molecule has 1 unspecified atom stereocenters. The molecule has 1 aromatic rings. The Bertz CT molecular complexity index is 390. The van der Waals surface area contributed by atoms with Gasteiger partial charge in [0.05, 0.1) is 6.61 Å². The Labute approximate surface area is 101 Å². The zero-order valence-corrected chi connectivity index (χ0v) is 9.85. The molecule has 0 aliphatic rings. The summed E-state index contributed by atoms with van der Waals surface area (Å²) in [7, 11) is 0. The summed E-state index contributed by atoms with van der Waals surface area (Å²) in [5.74, 6) is -0.490. The number of para-hydroxylation sites is 1. The van der Waals surface area contributed by atoms with E-state index in [0.29, 0.717) is 0 Å². The molecule has 0 saturated heterocycles. The molecule has 0 fully saturated rings. The second-order valence-corrected chi connectivity index (χ2v) is 3.61. The summed E-state index contributed by atoms with van der Waals surface area (Å²) in [6.07, 6.45) is 1.49. The van der Waals surface area contributed by atoms with Crippen LogP contribution in [0.15, 0.2) is 36.9 Å². The molecule has 1 rings (SSSR count). The van der Waals surface area contributed by atoms with Gasteiger partial charge in [-0.05, 0) is 18.6 Å². The fraction of sp³-hybridized carbons (Fsp3) is 0.308. The number of ether oxygens (including phenoxy) is 1. The predicted molar refractivity (Wildman–Crippen MR) is 66.8 cm³/mol. The average molecular weight is 235 g/mol. The van der Waals surface area contributed by atoms with Gasteiger partial charge >= 0.3 is 5.97 Å². The lowest BCUT2D eigenvalue weighted by Crippen LogP contribution is -2.35. The van der Waals surface area contributed by atoms with E-state index in [1.54, 1.807) is 0 Å². The highest BCUT2D eigenvalue weighted by Crippen LogP contribution is 2.14. The molecule has 2 N–H and O–H groups in total. The van der Waals surface area contributed by atoms with Gasteiger partial charge in [0.25, 0.3) is 0 Å². The number of aliphatic hydroxyl groups excluding tert-OH is 1. The molecule has 17 heavy (non-hydrogen) atoms. The van der Waals surface area contributed by atoms with Gasteiger partial charge in [0.1, 0.15) is 12.6 Å². The minimum Gasteiger partial charge on any atom is -0.460 e. The van der Waals surface area contributed by atoms with E-state index in [1.165, 1.54) is 6.08 Å². The Hall–Kier alpha value is -1.81. The first-order valence-electron chi connectivity index (χ1n) is 5.39. The molecule has 0 heterocycles. The fourth-order valence-electron chi connectivity index (χ4n) is 1.34.